The van der Waals surface area contributed by atoms with Gasteiger partial charge in [0.2, 0.25) is 5.91 Å². The van der Waals surface area contributed by atoms with Gasteiger partial charge >= 0.3 is 5.97 Å². The molecule has 0 saturated carbocycles. The maximum absolute atomic E-state index is 12.7. The molecule has 3 aromatic rings. The normalized spacial score (nSPS) is 13.3. The fourth-order valence-corrected chi connectivity index (χ4v) is 3.77. The minimum atomic E-state index is -1.06. The van der Waals surface area contributed by atoms with Crippen LogP contribution >= 0.6 is 0 Å². The van der Waals surface area contributed by atoms with E-state index in [1.807, 2.05) is 0 Å². The number of nitrogens with one attached hydrogen (secondary N) is 3. The zero-order chi connectivity index (χ0) is 27.9. The molecule has 1 aliphatic rings. The number of hydrogen-bond acceptors (Lipinski definition) is 8. The molecule has 1 heterocycles. The number of benzene rings is 3. The Kier molecular flexibility index (Phi) is 7.99. The third-order valence-electron chi connectivity index (χ3n) is 5.71. The van der Waals surface area contributed by atoms with Crippen LogP contribution in [0, 0.1) is 11.3 Å². The zero-order valence-electron chi connectivity index (χ0n) is 20.4. The first kappa shape index (κ1) is 26.6. The Morgan fingerprint density at radius 2 is 1.74 bits per heavy atom. The summed E-state index contributed by atoms with van der Waals surface area (Å²) in [6, 6.07) is 20.7. The number of carboxylic acid groups (broad SMARTS) is 1. The third-order valence-corrected chi connectivity index (χ3v) is 5.71. The Bertz CT molecular complexity index is 1520. The number of carbonyl (C=O) groups excluding carboxylic acids is 3. The first-order valence-corrected chi connectivity index (χ1v) is 11.8. The number of amides is 3. The lowest BCUT2D eigenvalue weighted by atomic mass is 10.0. The topological polar surface area (TPSA) is 184 Å². The average Bonchev–Trinajstić information content (AvgIpc) is 3.20. The molecule has 3 amide bonds. The molecule has 1 unspecified atom stereocenters. The Labute approximate surface area is 222 Å². The molecule has 39 heavy (non-hydrogen) atoms. The fraction of sp³-hybridized carbons (Fsp3) is 0.107. The van der Waals surface area contributed by atoms with Crippen molar-refractivity contribution in [2.24, 2.45) is 5.73 Å². The Balaban J connectivity index is 1.52. The zero-order valence-corrected chi connectivity index (χ0v) is 20.4. The molecule has 1 aliphatic heterocycles. The van der Waals surface area contributed by atoms with Crippen LogP contribution in [0.3, 0.4) is 0 Å². The lowest BCUT2D eigenvalue weighted by Crippen LogP contribution is -2.36. The summed E-state index contributed by atoms with van der Waals surface area (Å²) in [4.78, 5) is 48.3. The van der Waals surface area contributed by atoms with E-state index in [4.69, 9.17) is 15.6 Å². The highest BCUT2D eigenvalue weighted by Gasteiger charge is 2.31. The van der Waals surface area contributed by atoms with E-state index in [9.17, 15) is 24.4 Å². The molecular formula is C28H23N5O6. The van der Waals surface area contributed by atoms with Gasteiger partial charge < -0.3 is 26.2 Å². The molecule has 3 aromatic carbocycles. The number of carbonyl (C=O) groups is 4. The number of imide groups is 1. The van der Waals surface area contributed by atoms with Gasteiger partial charge in [-0.3, -0.25) is 24.5 Å². The van der Waals surface area contributed by atoms with Gasteiger partial charge in [-0.05, 0) is 60.5 Å². The van der Waals surface area contributed by atoms with Crippen LogP contribution in [-0.2, 0) is 19.2 Å². The first-order valence-electron chi connectivity index (χ1n) is 11.8. The second-order valence-corrected chi connectivity index (χ2v) is 8.50. The maximum Gasteiger partial charge on any atom is 0.303 e. The highest BCUT2D eigenvalue weighted by Crippen LogP contribution is 2.29. The molecule has 11 nitrogen and oxygen atoms in total. The molecule has 11 heteroatoms. The highest BCUT2D eigenvalue weighted by molar-refractivity contribution is 6.36. The van der Waals surface area contributed by atoms with Crippen molar-refractivity contribution in [1.82, 2.24) is 5.32 Å². The molecule has 1 atom stereocenters. The highest BCUT2D eigenvalue weighted by atomic mass is 16.5. The van der Waals surface area contributed by atoms with Gasteiger partial charge in [0.05, 0.1) is 17.2 Å². The monoisotopic (exact) mass is 525 g/mol. The van der Waals surface area contributed by atoms with Crippen molar-refractivity contribution >= 4 is 40.6 Å². The van der Waals surface area contributed by atoms with Gasteiger partial charge in [-0.15, -0.1) is 0 Å². The molecule has 0 radical (unpaired) electrons. The van der Waals surface area contributed by atoms with Crippen molar-refractivity contribution in [1.29, 1.82) is 5.26 Å². The number of nitriles is 1. The van der Waals surface area contributed by atoms with E-state index in [0.717, 1.165) is 0 Å². The number of nitrogens with two attached hydrogens (primary N) is 1. The lowest BCUT2D eigenvalue weighted by molar-refractivity contribution is -0.137. The number of carboxylic acids is 1. The molecule has 0 aliphatic carbocycles. The van der Waals surface area contributed by atoms with Crippen LogP contribution in [0.15, 0.2) is 78.5 Å². The molecule has 4 rings (SSSR count). The minimum Gasteiger partial charge on any atom is -0.481 e. The summed E-state index contributed by atoms with van der Waals surface area (Å²) in [6.07, 6.45) is -0.287. The lowest BCUT2D eigenvalue weighted by Gasteiger charge is -2.13. The third kappa shape index (κ3) is 6.46. The van der Waals surface area contributed by atoms with Crippen molar-refractivity contribution in [2.75, 3.05) is 10.6 Å². The molecule has 0 saturated heterocycles. The van der Waals surface area contributed by atoms with Gasteiger partial charge in [-0.25, -0.2) is 0 Å². The number of para-hydroxylation sites is 1. The van der Waals surface area contributed by atoms with Gasteiger partial charge in [0.25, 0.3) is 11.8 Å². The number of ether oxygens (including phenoxy) is 1. The van der Waals surface area contributed by atoms with Crippen molar-refractivity contribution in [3.8, 4) is 17.6 Å². The van der Waals surface area contributed by atoms with E-state index in [-0.39, 0.29) is 24.1 Å². The smallest absolute Gasteiger partial charge is 0.303 e. The summed E-state index contributed by atoms with van der Waals surface area (Å²) in [5, 5.41) is 25.8. The summed E-state index contributed by atoms with van der Waals surface area (Å²) in [6.45, 7) is 0. The van der Waals surface area contributed by atoms with Crippen molar-refractivity contribution in [3.05, 3.63) is 89.6 Å². The van der Waals surface area contributed by atoms with Crippen LogP contribution in [-0.4, -0.2) is 34.8 Å². The Morgan fingerprint density at radius 3 is 2.46 bits per heavy atom. The predicted octanol–water partition coefficient (Wildman–Crippen LogP) is 2.96. The maximum atomic E-state index is 12.7. The Hall–Kier alpha value is -5.47. The number of nitrogens with zero attached hydrogens (tertiary/aromatic N) is 1. The predicted molar refractivity (Wildman–Crippen MR) is 141 cm³/mol. The SMILES string of the molecule is N#Cc1ccccc1Oc1ccc(NC2=C(c3cccc(NC(=O)C(N)CCC(=O)O)c3)C(=O)NC2=O)cc1. The number of rotatable bonds is 10. The van der Waals surface area contributed by atoms with Crippen LogP contribution < -0.4 is 26.4 Å². The molecule has 0 spiro atoms. The van der Waals surface area contributed by atoms with Crippen molar-refractivity contribution in [3.63, 3.8) is 0 Å². The van der Waals surface area contributed by atoms with Crippen LogP contribution in [0.25, 0.3) is 5.57 Å². The molecule has 0 bridgehead atoms. The van der Waals surface area contributed by atoms with Crippen LogP contribution in [0.1, 0.15) is 24.0 Å². The summed E-state index contributed by atoms with van der Waals surface area (Å²) >= 11 is 0. The van der Waals surface area contributed by atoms with Gasteiger partial charge in [0, 0.05) is 17.8 Å². The van der Waals surface area contributed by atoms with Crippen molar-refractivity contribution in [2.45, 2.75) is 18.9 Å². The van der Waals surface area contributed by atoms with Crippen molar-refractivity contribution < 1.29 is 29.0 Å². The molecular weight excluding hydrogens is 502 g/mol. The number of hydrogen-bond donors (Lipinski definition) is 5. The summed E-state index contributed by atoms with van der Waals surface area (Å²) < 4.78 is 5.77. The van der Waals surface area contributed by atoms with E-state index in [1.165, 1.54) is 6.07 Å². The first-order chi connectivity index (χ1) is 18.7. The molecule has 6 N–H and O–H groups in total. The second-order valence-electron chi connectivity index (χ2n) is 8.50. The molecule has 196 valence electrons. The quantitative estimate of drug-likeness (QED) is 0.248. The van der Waals surface area contributed by atoms with E-state index in [2.05, 4.69) is 22.0 Å². The van der Waals surface area contributed by atoms with Gasteiger partial charge in [-0.1, -0.05) is 24.3 Å². The average molecular weight is 526 g/mol. The van der Waals surface area contributed by atoms with E-state index < -0.39 is 29.7 Å². The van der Waals surface area contributed by atoms with Crippen LogP contribution in [0.5, 0.6) is 11.5 Å². The van der Waals surface area contributed by atoms with Gasteiger partial charge in [0.15, 0.2) is 0 Å². The van der Waals surface area contributed by atoms with E-state index >= 15 is 0 Å². The largest absolute Gasteiger partial charge is 0.481 e. The summed E-state index contributed by atoms with van der Waals surface area (Å²) in [5.41, 5.74) is 7.43. The molecule has 0 aromatic heterocycles. The number of aliphatic carboxylic acids is 1. The van der Waals surface area contributed by atoms with E-state index in [1.54, 1.807) is 66.7 Å². The van der Waals surface area contributed by atoms with E-state index in [0.29, 0.717) is 34.0 Å². The second kappa shape index (κ2) is 11.7. The summed E-state index contributed by atoms with van der Waals surface area (Å²) in [5.74, 6) is -2.00. The number of anilines is 2. The standard InChI is InChI=1S/C28H23N5O6/c29-15-17-4-1-2-7-22(17)39-20-10-8-18(9-11-20)31-25-24(27(37)33-28(25)38)16-5-3-6-19(14-16)32-26(36)21(30)12-13-23(34)35/h1-11,14,21H,12-13,30H2,(H,32,36)(H,34,35)(H2,31,33,37,38). The van der Waals surface area contributed by atoms with Crippen LogP contribution in [0.4, 0.5) is 11.4 Å². The Morgan fingerprint density at radius 1 is 1.00 bits per heavy atom. The van der Waals surface area contributed by atoms with Gasteiger partial charge in [0.1, 0.15) is 23.3 Å². The van der Waals surface area contributed by atoms with Crippen LogP contribution in [0.2, 0.25) is 0 Å². The fourth-order valence-electron chi connectivity index (χ4n) is 3.77. The summed E-state index contributed by atoms with van der Waals surface area (Å²) in [7, 11) is 0. The van der Waals surface area contributed by atoms with Gasteiger partial charge in [-0.2, -0.15) is 5.26 Å². The minimum absolute atomic E-state index is 0.0186. The molecule has 0 fully saturated rings.